The lowest BCUT2D eigenvalue weighted by molar-refractivity contribution is 0.0692. The molecule has 102 valence electrons. The van der Waals surface area contributed by atoms with E-state index < -0.39 is 5.97 Å². The van der Waals surface area contributed by atoms with Crippen LogP contribution >= 0.6 is 11.3 Å². The molecule has 1 aromatic carbocycles. The minimum atomic E-state index is -0.996. The molecule has 0 aliphatic rings. The maximum Gasteiger partial charge on any atom is 0.356 e. The fraction of sp³-hybridized carbons (Fsp3) is 0.200. The van der Waals surface area contributed by atoms with Crippen molar-refractivity contribution in [2.45, 2.75) is 19.8 Å². The largest absolute Gasteiger partial charge is 0.476 e. The normalized spacial score (nSPS) is 11.1. The van der Waals surface area contributed by atoms with E-state index in [4.69, 9.17) is 4.42 Å². The van der Waals surface area contributed by atoms with E-state index in [9.17, 15) is 9.90 Å². The molecule has 0 radical (unpaired) electrons. The molecule has 3 aromatic rings. The Morgan fingerprint density at radius 3 is 2.95 bits per heavy atom. The SMILES string of the molecule is CCCc1nc(C(=O)O)c(-c2coc3ccccc23)s1. The van der Waals surface area contributed by atoms with Crippen LogP contribution in [-0.4, -0.2) is 16.1 Å². The highest BCUT2D eigenvalue weighted by Gasteiger charge is 2.21. The topological polar surface area (TPSA) is 63.3 Å². The fourth-order valence-corrected chi connectivity index (χ4v) is 3.34. The van der Waals surface area contributed by atoms with Gasteiger partial charge in [-0.1, -0.05) is 25.1 Å². The van der Waals surface area contributed by atoms with Gasteiger partial charge < -0.3 is 9.52 Å². The predicted octanol–water partition coefficient (Wildman–Crippen LogP) is 4.21. The summed E-state index contributed by atoms with van der Waals surface area (Å²) in [7, 11) is 0. The number of benzene rings is 1. The average molecular weight is 287 g/mol. The van der Waals surface area contributed by atoms with Gasteiger partial charge in [0.05, 0.1) is 9.88 Å². The first-order valence-electron chi connectivity index (χ1n) is 6.40. The second-order valence-electron chi connectivity index (χ2n) is 4.49. The van der Waals surface area contributed by atoms with Gasteiger partial charge in [-0.3, -0.25) is 0 Å². The van der Waals surface area contributed by atoms with Gasteiger partial charge in [0, 0.05) is 10.9 Å². The number of aromatic carboxylic acids is 1. The molecular weight excluding hydrogens is 274 g/mol. The lowest BCUT2D eigenvalue weighted by Crippen LogP contribution is -1.99. The van der Waals surface area contributed by atoms with Crippen molar-refractivity contribution in [3.05, 3.63) is 41.2 Å². The first-order chi connectivity index (χ1) is 9.70. The molecule has 1 N–H and O–H groups in total. The molecule has 0 aliphatic carbocycles. The number of aryl methyl sites for hydroxylation is 1. The number of thiazole rings is 1. The van der Waals surface area contributed by atoms with E-state index >= 15 is 0 Å². The second-order valence-corrected chi connectivity index (χ2v) is 5.57. The fourth-order valence-electron chi connectivity index (χ4n) is 2.17. The Morgan fingerprint density at radius 2 is 2.20 bits per heavy atom. The molecule has 0 spiro atoms. The van der Waals surface area contributed by atoms with Crippen LogP contribution in [0.4, 0.5) is 0 Å². The summed E-state index contributed by atoms with van der Waals surface area (Å²) in [6, 6.07) is 7.60. The van der Waals surface area contributed by atoms with Gasteiger partial charge in [-0.25, -0.2) is 9.78 Å². The van der Waals surface area contributed by atoms with Gasteiger partial charge in [0.15, 0.2) is 5.69 Å². The molecule has 0 amide bonds. The highest BCUT2D eigenvalue weighted by molar-refractivity contribution is 7.15. The third kappa shape index (κ3) is 2.10. The van der Waals surface area contributed by atoms with Crippen LogP contribution in [0.3, 0.4) is 0 Å². The third-order valence-electron chi connectivity index (χ3n) is 3.06. The minimum absolute atomic E-state index is 0.116. The summed E-state index contributed by atoms with van der Waals surface area (Å²) in [4.78, 5) is 16.3. The number of hydrogen-bond donors (Lipinski definition) is 1. The number of furan rings is 1. The van der Waals surface area contributed by atoms with Crippen LogP contribution in [0.5, 0.6) is 0 Å². The Bertz CT molecular complexity index is 772. The summed E-state index contributed by atoms with van der Waals surface area (Å²) in [5.74, 6) is -0.996. The quantitative estimate of drug-likeness (QED) is 0.780. The summed E-state index contributed by atoms with van der Waals surface area (Å²) >= 11 is 1.43. The number of hydrogen-bond acceptors (Lipinski definition) is 4. The molecule has 0 saturated heterocycles. The number of fused-ring (bicyclic) bond motifs is 1. The molecule has 5 heteroatoms. The molecule has 3 rings (SSSR count). The number of carboxylic acids is 1. The van der Waals surface area contributed by atoms with Gasteiger partial charge in [-0.15, -0.1) is 11.3 Å². The zero-order valence-electron chi connectivity index (χ0n) is 10.9. The van der Waals surface area contributed by atoms with Gasteiger partial charge >= 0.3 is 5.97 Å². The summed E-state index contributed by atoms with van der Waals surface area (Å²) in [6.45, 7) is 2.05. The van der Waals surface area contributed by atoms with Gasteiger partial charge in [0.25, 0.3) is 0 Å². The van der Waals surface area contributed by atoms with Crippen LogP contribution in [-0.2, 0) is 6.42 Å². The average Bonchev–Trinajstić information content (AvgIpc) is 3.02. The highest BCUT2D eigenvalue weighted by atomic mass is 32.1. The van der Waals surface area contributed by atoms with Gasteiger partial charge in [-0.05, 0) is 18.9 Å². The van der Waals surface area contributed by atoms with Crippen molar-refractivity contribution in [1.82, 2.24) is 4.98 Å². The summed E-state index contributed by atoms with van der Waals surface area (Å²) in [5.41, 5.74) is 1.67. The first kappa shape index (κ1) is 12.9. The molecule has 0 bridgehead atoms. The second kappa shape index (κ2) is 5.09. The Labute approximate surface area is 119 Å². The molecular formula is C15H13NO3S. The van der Waals surface area contributed by atoms with E-state index in [2.05, 4.69) is 11.9 Å². The molecule has 20 heavy (non-hydrogen) atoms. The lowest BCUT2D eigenvalue weighted by Gasteiger charge is -1.95. The maximum absolute atomic E-state index is 11.4. The molecule has 0 fully saturated rings. The summed E-state index contributed by atoms with van der Waals surface area (Å²) in [6.07, 6.45) is 3.35. The van der Waals surface area contributed by atoms with E-state index in [0.717, 1.165) is 34.4 Å². The van der Waals surface area contributed by atoms with Crippen molar-refractivity contribution in [3.63, 3.8) is 0 Å². The van der Waals surface area contributed by atoms with Crippen molar-refractivity contribution in [3.8, 4) is 10.4 Å². The summed E-state index contributed by atoms with van der Waals surface area (Å²) < 4.78 is 5.49. The van der Waals surface area contributed by atoms with Gasteiger partial charge in [0.1, 0.15) is 11.8 Å². The zero-order chi connectivity index (χ0) is 14.1. The molecule has 0 aliphatic heterocycles. The van der Waals surface area contributed by atoms with Gasteiger partial charge in [0.2, 0.25) is 0 Å². The predicted molar refractivity (Wildman–Crippen MR) is 78.3 cm³/mol. The molecule has 2 heterocycles. The van der Waals surface area contributed by atoms with Crippen LogP contribution in [0.1, 0.15) is 28.8 Å². The monoisotopic (exact) mass is 287 g/mol. The Hall–Kier alpha value is -2.14. The van der Waals surface area contributed by atoms with Crippen molar-refractivity contribution < 1.29 is 14.3 Å². The van der Waals surface area contributed by atoms with Crippen molar-refractivity contribution in [1.29, 1.82) is 0 Å². The number of para-hydroxylation sites is 1. The van der Waals surface area contributed by atoms with E-state index in [0.29, 0.717) is 4.88 Å². The van der Waals surface area contributed by atoms with Crippen LogP contribution in [0, 0.1) is 0 Å². The zero-order valence-corrected chi connectivity index (χ0v) is 11.7. The molecule has 0 atom stereocenters. The van der Waals surface area contributed by atoms with E-state index in [1.165, 1.54) is 11.3 Å². The van der Waals surface area contributed by atoms with Crippen LogP contribution in [0.2, 0.25) is 0 Å². The number of nitrogens with zero attached hydrogens (tertiary/aromatic N) is 1. The minimum Gasteiger partial charge on any atom is -0.476 e. The highest BCUT2D eigenvalue weighted by Crippen LogP contribution is 2.37. The standard InChI is InChI=1S/C15H13NO3S/c1-2-5-12-16-13(15(17)18)14(20-12)10-8-19-11-7-4-3-6-9(10)11/h3-4,6-8H,2,5H2,1H3,(H,17,18). The van der Waals surface area contributed by atoms with Gasteiger partial charge in [-0.2, -0.15) is 0 Å². The van der Waals surface area contributed by atoms with E-state index in [1.54, 1.807) is 6.26 Å². The van der Waals surface area contributed by atoms with Crippen molar-refractivity contribution in [2.24, 2.45) is 0 Å². The summed E-state index contributed by atoms with van der Waals surface area (Å²) in [5, 5.41) is 11.1. The first-order valence-corrected chi connectivity index (χ1v) is 7.22. The Morgan fingerprint density at radius 1 is 1.40 bits per heavy atom. The van der Waals surface area contributed by atoms with E-state index in [1.807, 2.05) is 24.3 Å². The molecule has 2 aromatic heterocycles. The number of carbonyl (C=O) groups is 1. The van der Waals surface area contributed by atoms with Crippen LogP contribution in [0.25, 0.3) is 21.4 Å². The smallest absolute Gasteiger partial charge is 0.356 e. The molecule has 4 nitrogen and oxygen atoms in total. The molecule has 0 saturated carbocycles. The lowest BCUT2D eigenvalue weighted by atomic mass is 10.1. The molecule has 0 unspecified atom stereocenters. The van der Waals surface area contributed by atoms with E-state index in [-0.39, 0.29) is 5.69 Å². The Balaban J connectivity index is 2.20. The van der Waals surface area contributed by atoms with Crippen LogP contribution < -0.4 is 0 Å². The third-order valence-corrected chi connectivity index (χ3v) is 4.21. The number of carboxylic acid groups (broad SMARTS) is 1. The van der Waals surface area contributed by atoms with Crippen molar-refractivity contribution >= 4 is 28.3 Å². The maximum atomic E-state index is 11.4. The Kier molecular flexibility index (Phi) is 3.28. The van der Waals surface area contributed by atoms with Crippen molar-refractivity contribution in [2.75, 3.05) is 0 Å². The number of rotatable bonds is 4. The van der Waals surface area contributed by atoms with Crippen LogP contribution in [0.15, 0.2) is 34.9 Å². The number of aromatic nitrogens is 1.